The van der Waals surface area contributed by atoms with Crippen LogP contribution < -0.4 is 14.8 Å². The van der Waals surface area contributed by atoms with Crippen molar-refractivity contribution in [2.45, 2.75) is 19.6 Å². The van der Waals surface area contributed by atoms with Gasteiger partial charge in [0, 0.05) is 17.7 Å². The highest BCUT2D eigenvalue weighted by molar-refractivity contribution is 5.32. The maximum atomic E-state index is 13.8. The zero-order valence-electron chi connectivity index (χ0n) is 12.5. The second-order valence-corrected chi connectivity index (χ2v) is 4.83. The molecule has 0 heterocycles. The molecule has 4 heteroatoms. The van der Waals surface area contributed by atoms with E-state index in [0.29, 0.717) is 11.3 Å². The average Bonchev–Trinajstić information content (AvgIpc) is 2.53. The number of rotatable bonds is 6. The maximum Gasteiger partial charge on any atom is 0.133 e. The van der Waals surface area contributed by atoms with Crippen LogP contribution in [0.5, 0.6) is 11.5 Å². The molecule has 0 aliphatic carbocycles. The molecule has 0 radical (unpaired) electrons. The third-order valence-electron chi connectivity index (χ3n) is 3.45. The molecule has 3 nitrogen and oxygen atoms in total. The second kappa shape index (κ2) is 7.09. The van der Waals surface area contributed by atoms with Crippen LogP contribution in [0.2, 0.25) is 0 Å². The molecule has 1 unspecified atom stereocenters. The van der Waals surface area contributed by atoms with E-state index in [1.165, 1.54) is 13.2 Å². The van der Waals surface area contributed by atoms with Crippen LogP contribution in [-0.4, -0.2) is 14.2 Å². The van der Waals surface area contributed by atoms with Gasteiger partial charge >= 0.3 is 0 Å². The summed E-state index contributed by atoms with van der Waals surface area (Å²) in [6, 6.07) is 12.8. The van der Waals surface area contributed by atoms with Gasteiger partial charge in [0.15, 0.2) is 0 Å². The minimum absolute atomic E-state index is 0.188. The standard InChI is InChI=1S/C17H20FNO2/c1-12(19-2)13-5-4-6-16(9-13)21-11-14-7-8-15(20-3)10-17(14)18/h4-10,12,19H,11H2,1-3H3. The van der Waals surface area contributed by atoms with Gasteiger partial charge in [-0.1, -0.05) is 12.1 Å². The maximum absolute atomic E-state index is 13.8. The summed E-state index contributed by atoms with van der Waals surface area (Å²) in [6.07, 6.45) is 0. The zero-order valence-corrected chi connectivity index (χ0v) is 12.5. The summed E-state index contributed by atoms with van der Waals surface area (Å²) in [4.78, 5) is 0. The molecule has 0 spiro atoms. The van der Waals surface area contributed by atoms with Gasteiger partial charge < -0.3 is 14.8 Å². The lowest BCUT2D eigenvalue weighted by Gasteiger charge is -2.13. The molecule has 0 aromatic heterocycles. The van der Waals surface area contributed by atoms with E-state index in [1.54, 1.807) is 12.1 Å². The summed E-state index contributed by atoms with van der Waals surface area (Å²) in [5, 5.41) is 3.17. The first-order chi connectivity index (χ1) is 10.1. The van der Waals surface area contributed by atoms with Gasteiger partial charge in [-0.2, -0.15) is 0 Å². The molecule has 0 aliphatic rings. The molecule has 0 saturated carbocycles. The Morgan fingerprint density at radius 1 is 1.14 bits per heavy atom. The van der Waals surface area contributed by atoms with E-state index in [4.69, 9.17) is 9.47 Å². The van der Waals surface area contributed by atoms with E-state index < -0.39 is 0 Å². The van der Waals surface area contributed by atoms with E-state index >= 15 is 0 Å². The van der Waals surface area contributed by atoms with Gasteiger partial charge in [0.25, 0.3) is 0 Å². The summed E-state index contributed by atoms with van der Waals surface area (Å²) in [5.74, 6) is 0.903. The number of halogens is 1. The van der Waals surface area contributed by atoms with Crippen LogP contribution in [0.15, 0.2) is 42.5 Å². The first-order valence-electron chi connectivity index (χ1n) is 6.86. The largest absolute Gasteiger partial charge is 0.497 e. The van der Waals surface area contributed by atoms with Crippen molar-refractivity contribution in [3.05, 3.63) is 59.4 Å². The Bertz CT molecular complexity index is 601. The van der Waals surface area contributed by atoms with Gasteiger partial charge in [0.2, 0.25) is 0 Å². The Hall–Kier alpha value is -2.07. The highest BCUT2D eigenvalue weighted by Gasteiger charge is 2.07. The van der Waals surface area contributed by atoms with Crippen molar-refractivity contribution >= 4 is 0 Å². The van der Waals surface area contributed by atoms with Crippen molar-refractivity contribution in [3.8, 4) is 11.5 Å². The quantitative estimate of drug-likeness (QED) is 0.879. The molecule has 0 amide bonds. The van der Waals surface area contributed by atoms with Crippen LogP contribution in [0.3, 0.4) is 0 Å². The summed E-state index contributed by atoms with van der Waals surface area (Å²) < 4.78 is 24.5. The SMILES string of the molecule is CNC(C)c1cccc(OCc2ccc(OC)cc2F)c1. The van der Waals surface area contributed by atoms with E-state index in [-0.39, 0.29) is 18.5 Å². The lowest BCUT2D eigenvalue weighted by molar-refractivity contribution is 0.298. The van der Waals surface area contributed by atoms with E-state index in [9.17, 15) is 4.39 Å². The summed E-state index contributed by atoms with van der Waals surface area (Å²) >= 11 is 0. The van der Waals surface area contributed by atoms with Gasteiger partial charge in [-0.25, -0.2) is 4.39 Å². The number of benzene rings is 2. The van der Waals surface area contributed by atoms with Gasteiger partial charge in [0.1, 0.15) is 23.9 Å². The number of ether oxygens (including phenoxy) is 2. The summed E-state index contributed by atoms with van der Waals surface area (Å²) in [5.41, 5.74) is 1.63. The van der Waals surface area contributed by atoms with Crippen LogP contribution >= 0.6 is 0 Å². The third-order valence-corrected chi connectivity index (χ3v) is 3.45. The molecule has 0 fully saturated rings. The van der Waals surface area contributed by atoms with E-state index in [0.717, 1.165) is 11.3 Å². The molecule has 112 valence electrons. The third kappa shape index (κ3) is 3.95. The highest BCUT2D eigenvalue weighted by atomic mass is 19.1. The van der Waals surface area contributed by atoms with Gasteiger partial charge in [-0.3, -0.25) is 0 Å². The molecule has 0 aliphatic heterocycles. The lowest BCUT2D eigenvalue weighted by Crippen LogP contribution is -2.12. The molecular weight excluding hydrogens is 269 g/mol. The predicted octanol–water partition coefficient (Wildman–Crippen LogP) is 3.69. The van der Waals surface area contributed by atoms with Crippen molar-refractivity contribution in [2.75, 3.05) is 14.2 Å². The summed E-state index contributed by atoms with van der Waals surface area (Å²) in [6.45, 7) is 2.26. The molecule has 2 aromatic carbocycles. The zero-order chi connectivity index (χ0) is 15.2. The molecule has 2 aromatic rings. The first kappa shape index (κ1) is 15.3. The van der Waals surface area contributed by atoms with Crippen LogP contribution in [0.25, 0.3) is 0 Å². The molecule has 0 bridgehead atoms. The molecule has 0 saturated heterocycles. The van der Waals surface area contributed by atoms with Crippen LogP contribution in [0, 0.1) is 5.82 Å². The number of nitrogens with one attached hydrogen (secondary N) is 1. The van der Waals surface area contributed by atoms with Crippen molar-refractivity contribution in [3.63, 3.8) is 0 Å². The molecule has 2 rings (SSSR count). The van der Waals surface area contributed by atoms with Crippen LogP contribution in [-0.2, 0) is 6.61 Å². The van der Waals surface area contributed by atoms with Crippen LogP contribution in [0.4, 0.5) is 4.39 Å². The average molecular weight is 289 g/mol. The van der Waals surface area contributed by atoms with E-state index in [1.807, 2.05) is 31.3 Å². The Labute approximate surface area is 124 Å². The smallest absolute Gasteiger partial charge is 0.133 e. The highest BCUT2D eigenvalue weighted by Crippen LogP contribution is 2.21. The fraction of sp³-hybridized carbons (Fsp3) is 0.294. The van der Waals surface area contributed by atoms with Gasteiger partial charge in [-0.05, 0) is 43.8 Å². The van der Waals surface area contributed by atoms with Crippen LogP contribution in [0.1, 0.15) is 24.1 Å². The Morgan fingerprint density at radius 3 is 2.62 bits per heavy atom. The monoisotopic (exact) mass is 289 g/mol. The van der Waals surface area contributed by atoms with Crippen molar-refractivity contribution in [2.24, 2.45) is 0 Å². The van der Waals surface area contributed by atoms with Gasteiger partial charge in [-0.15, -0.1) is 0 Å². The Kier molecular flexibility index (Phi) is 5.17. The molecule has 1 N–H and O–H groups in total. The molecular formula is C17H20FNO2. The Balaban J connectivity index is 2.06. The molecule has 1 atom stereocenters. The fourth-order valence-electron chi connectivity index (χ4n) is 1.97. The number of hydrogen-bond acceptors (Lipinski definition) is 3. The topological polar surface area (TPSA) is 30.5 Å². The predicted molar refractivity (Wildman–Crippen MR) is 81.2 cm³/mol. The Morgan fingerprint density at radius 2 is 1.95 bits per heavy atom. The first-order valence-corrected chi connectivity index (χ1v) is 6.86. The van der Waals surface area contributed by atoms with Gasteiger partial charge in [0.05, 0.1) is 7.11 Å². The lowest BCUT2D eigenvalue weighted by atomic mass is 10.1. The normalized spacial score (nSPS) is 12.0. The minimum atomic E-state index is -0.325. The van der Waals surface area contributed by atoms with Crippen molar-refractivity contribution < 1.29 is 13.9 Å². The molecule has 21 heavy (non-hydrogen) atoms. The van der Waals surface area contributed by atoms with Crippen molar-refractivity contribution in [1.29, 1.82) is 0 Å². The number of hydrogen-bond donors (Lipinski definition) is 1. The second-order valence-electron chi connectivity index (χ2n) is 4.83. The van der Waals surface area contributed by atoms with Crippen molar-refractivity contribution in [1.82, 2.24) is 5.32 Å². The summed E-state index contributed by atoms with van der Waals surface area (Å²) in [7, 11) is 3.42. The van der Waals surface area contributed by atoms with E-state index in [2.05, 4.69) is 12.2 Å². The fourth-order valence-corrected chi connectivity index (χ4v) is 1.97. The minimum Gasteiger partial charge on any atom is -0.497 e. The number of methoxy groups -OCH3 is 1.